The van der Waals surface area contributed by atoms with Crippen molar-refractivity contribution in [2.75, 3.05) is 11.4 Å². The molecule has 2 amide bonds. The lowest BCUT2D eigenvalue weighted by Crippen LogP contribution is -2.37. The maximum absolute atomic E-state index is 13.3. The second kappa shape index (κ2) is 5.97. The summed E-state index contributed by atoms with van der Waals surface area (Å²) >= 11 is 0. The van der Waals surface area contributed by atoms with Crippen molar-refractivity contribution in [2.24, 2.45) is 0 Å². The minimum Gasteiger partial charge on any atom is -0.347 e. The number of nitrogens with zero attached hydrogens (tertiary/aromatic N) is 1. The molecule has 5 heteroatoms. The molecule has 4 nitrogen and oxygen atoms in total. The summed E-state index contributed by atoms with van der Waals surface area (Å²) in [6.07, 6.45) is 0.217. The lowest BCUT2D eigenvalue weighted by Gasteiger charge is -2.17. The molecule has 1 fully saturated rings. The molecule has 0 bridgehead atoms. The summed E-state index contributed by atoms with van der Waals surface area (Å²) in [5, 5.41) is 2.84. The van der Waals surface area contributed by atoms with Crippen molar-refractivity contribution in [3.63, 3.8) is 0 Å². The first-order chi connectivity index (χ1) is 10.6. The zero-order chi connectivity index (χ0) is 15.5. The van der Waals surface area contributed by atoms with Gasteiger partial charge in [-0.1, -0.05) is 24.3 Å². The van der Waals surface area contributed by atoms with E-state index in [1.165, 1.54) is 17.0 Å². The third kappa shape index (κ3) is 2.98. The number of hydrogen-bond donors (Lipinski definition) is 1. The largest absolute Gasteiger partial charge is 0.347 e. The van der Waals surface area contributed by atoms with Gasteiger partial charge in [0.05, 0.1) is 6.04 Å². The van der Waals surface area contributed by atoms with E-state index in [1.54, 1.807) is 36.4 Å². The molecule has 1 atom stereocenters. The first-order valence-electron chi connectivity index (χ1n) is 7.05. The Morgan fingerprint density at radius 2 is 1.91 bits per heavy atom. The fourth-order valence-corrected chi connectivity index (χ4v) is 2.56. The van der Waals surface area contributed by atoms with Gasteiger partial charge in [-0.2, -0.15) is 0 Å². The Morgan fingerprint density at radius 1 is 1.14 bits per heavy atom. The van der Waals surface area contributed by atoms with Crippen molar-refractivity contribution in [1.82, 2.24) is 5.32 Å². The number of benzene rings is 2. The van der Waals surface area contributed by atoms with Gasteiger partial charge in [-0.25, -0.2) is 4.39 Å². The smallest absolute Gasteiger partial charge is 0.251 e. The molecule has 1 N–H and O–H groups in total. The van der Waals surface area contributed by atoms with Crippen molar-refractivity contribution < 1.29 is 14.0 Å². The molecular formula is C17H15FN2O2. The van der Waals surface area contributed by atoms with E-state index in [2.05, 4.69) is 5.32 Å². The summed E-state index contributed by atoms with van der Waals surface area (Å²) in [6.45, 7) is 0.348. The van der Waals surface area contributed by atoms with E-state index in [0.29, 0.717) is 17.8 Å². The van der Waals surface area contributed by atoms with Gasteiger partial charge in [0.25, 0.3) is 5.91 Å². The Kier molecular flexibility index (Phi) is 3.87. The third-order valence-electron chi connectivity index (χ3n) is 3.62. The average molecular weight is 298 g/mol. The number of halogens is 1. The molecule has 0 spiro atoms. The molecule has 1 aliphatic heterocycles. The SMILES string of the molecule is O=C(N[C@@H]1CC(=O)N(c2cccc(F)c2)C1)c1ccccc1. The molecule has 1 saturated heterocycles. The Morgan fingerprint density at radius 3 is 2.64 bits per heavy atom. The summed E-state index contributed by atoms with van der Waals surface area (Å²) in [5.74, 6) is -0.717. The van der Waals surface area contributed by atoms with E-state index in [9.17, 15) is 14.0 Å². The van der Waals surface area contributed by atoms with Crippen LogP contribution in [0.15, 0.2) is 54.6 Å². The topological polar surface area (TPSA) is 49.4 Å². The van der Waals surface area contributed by atoms with E-state index in [1.807, 2.05) is 6.07 Å². The van der Waals surface area contributed by atoms with Crippen molar-refractivity contribution in [3.05, 3.63) is 66.0 Å². The van der Waals surface area contributed by atoms with Crippen LogP contribution in [0.25, 0.3) is 0 Å². The molecule has 0 aromatic heterocycles. The van der Waals surface area contributed by atoms with Crippen LogP contribution in [0.4, 0.5) is 10.1 Å². The Labute approximate surface area is 127 Å². The van der Waals surface area contributed by atoms with Gasteiger partial charge in [-0.3, -0.25) is 9.59 Å². The summed E-state index contributed by atoms with van der Waals surface area (Å²) < 4.78 is 13.3. The van der Waals surface area contributed by atoms with Gasteiger partial charge in [0, 0.05) is 24.2 Å². The van der Waals surface area contributed by atoms with Gasteiger partial charge in [-0.15, -0.1) is 0 Å². The van der Waals surface area contributed by atoms with Crippen molar-refractivity contribution in [2.45, 2.75) is 12.5 Å². The van der Waals surface area contributed by atoms with Gasteiger partial charge in [0.1, 0.15) is 5.82 Å². The van der Waals surface area contributed by atoms with Gasteiger partial charge in [-0.05, 0) is 30.3 Å². The molecule has 2 aromatic rings. The summed E-state index contributed by atoms with van der Waals surface area (Å²) in [5.41, 5.74) is 1.07. The average Bonchev–Trinajstić information content (AvgIpc) is 2.88. The van der Waals surface area contributed by atoms with Crippen LogP contribution in [-0.2, 0) is 4.79 Å². The Hall–Kier alpha value is -2.69. The molecular weight excluding hydrogens is 283 g/mol. The normalized spacial score (nSPS) is 17.6. The van der Waals surface area contributed by atoms with Crippen LogP contribution in [0.5, 0.6) is 0 Å². The number of hydrogen-bond acceptors (Lipinski definition) is 2. The van der Waals surface area contributed by atoms with Crippen molar-refractivity contribution in [1.29, 1.82) is 0 Å². The maximum atomic E-state index is 13.3. The van der Waals surface area contributed by atoms with E-state index in [0.717, 1.165) is 0 Å². The van der Waals surface area contributed by atoms with Crippen LogP contribution in [0.2, 0.25) is 0 Å². The molecule has 22 heavy (non-hydrogen) atoms. The van der Waals surface area contributed by atoms with Crippen LogP contribution in [-0.4, -0.2) is 24.4 Å². The molecule has 3 rings (SSSR count). The highest BCUT2D eigenvalue weighted by Gasteiger charge is 2.31. The first kappa shape index (κ1) is 14.3. The van der Waals surface area contributed by atoms with E-state index < -0.39 is 0 Å². The molecule has 0 saturated carbocycles. The van der Waals surface area contributed by atoms with Gasteiger partial charge >= 0.3 is 0 Å². The van der Waals surface area contributed by atoms with Gasteiger partial charge < -0.3 is 10.2 Å². The Balaban J connectivity index is 1.69. The predicted molar refractivity (Wildman–Crippen MR) is 81.1 cm³/mol. The fraction of sp³-hybridized carbons (Fsp3) is 0.176. The Bertz CT molecular complexity index is 703. The van der Waals surface area contributed by atoms with E-state index in [-0.39, 0.29) is 30.1 Å². The second-order valence-electron chi connectivity index (χ2n) is 5.22. The number of nitrogens with one attached hydrogen (secondary N) is 1. The fourth-order valence-electron chi connectivity index (χ4n) is 2.56. The summed E-state index contributed by atoms with van der Waals surface area (Å²) in [6, 6.07) is 14.5. The van der Waals surface area contributed by atoms with E-state index >= 15 is 0 Å². The quantitative estimate of drug-likeness (QED) is 0.945. The molecule has 0 unspecified atom stereocenters. The highest BCUT2D eigenvalue weighted by molar-refractivity contribution is 5.98. The number of carbonyl (C=O) groups is 2. The number of anilines is 1. The van der Waals surface area contributed by atoms with Crippen LogP contribution < -0.4 is 10.2 Å². The zero-order valence-electron chi connectivity index (χ0n) is 11.8. The molecule has 2 aromatic carbocycles. The van der Waals surface area contributed by atoms with Gasteiger partial charge in [0.2, 0.25) is 5.91 Å². The van der Waals surface area contributed by atoms with Crippen LogP contribution in [0, 0.1) is 5.82 Å². The molecule has 0 radical (unpaired) electrons. The number of rotatable bonds is 3. The second-order valence-corrected chi connectivity index (χ2v) is 5.22. The third-order valence-corrected chi connectivity index (χ3v) is 3.62. The molecule has 112 valence electrons. The van der Waals surface area contributed by atoms with Crippen molar-refractivity contribution in [3.8, 4) is 0 Å². The molecule has 1 aliphatic rings. The van der Waals surface area contributed by atoms with Gasteiger partial charge in [0.15, 0.2) is 0 Å². The highest BCUT2D eigenvalue weighted by atomic mass is 19.1. The number of carbonyl (C=O) groups excluding carboxylic acids is 2. The minimum atomic E-state index is -0.387. The minimum absolute atomic E-state index is 0.121. The monoisotopic (exact) mass is 298 g/mol. The highest BCUT2D eigenvalue weighted by Crippen LogP contribution is 2.22. The lowest BCUT2D eigenvalue weighted by molar-refractivity contribution is -0.117. The lowest BCUT2D eigenvalue weighted by atomic mass is 10.2. The number of amides is 2. The zero-order valence-corrected chi connectivity index (χ0v) is 11.8. The van der Waals surface area contributed by atoms with Crippen LogP contribution >= 0.6 is 0 Å². The molecule has 0 aliphatic carbocycles. The molecule has 1 heterocycles. The van der Waals surface area contributed by atoms with Crippen LogP contribution in [0.1, 0.15) is 16.8 Å². The summed E-state index contributed by atoms with van der Waals surface area (Å²) in [4.78, 5) is 25.7. The van der Waals surface area contributed by atoms with Crippen molar-refractivity contribution >= 4 is 17.5 Å². The summed E-state index contributed by atoms with van der Waals surface area (Å²) in [7, 11) is 0. The standard InChI is InChI=1S/C17H15FN2O2/c18-13-7-4-8-15(9-13)20-11-14(10-16(20)21)19-17(22)12-5-2-1-3-6-12/h1-9,14H,10-11H2,(H,19,22)/t14-/m1/s1. The maximum Gasteiger partial charge on any atom is 0.251 e. The van der Waals surface area contributed by atoms with Crippen LogP contribution in [0.3, 0.4) is 0 Å². The first-order valence-corrected chi connectivity index (χ1v) is 7.05. The predicted octanol–water partition coefficient (Wildman–Crippen LogP) is 2.36. The van der Waals surface area contributed by atoms with E-state index in [4.69, 9.17) is 0 Å².